The molecule has 0 atom stereocenters. The predicted molar refractivity (Wildman–Crippen MR) is 124 cm³/mol. The maximum Gasteiger partial charge on any atom is 0.252 e. The maximum absolute atomic E-state index is 13.4. The molecule has 0 bridgehead atoms. The molecule has 0 saturated carbocycles. The molecule has 8 heteroatoms. The van der Waals surface area contributed by atoms with Gasteiger partial charge in [-0.3, -0.25) is 4.79 Å². The van der Waals surface area contributed by atoms with Crippen molar-refractivity contribution >= 4 is 16.9 Å². The second-order valence-corrected chi connectivity index (χ2v) is 9.24. The number of rotatable bonds is 5. The number of fused-ring (bicyclic) bond motifs is 1. The molecule has 32 heavy (non-hydrogen) atoms. The van der Waals surface area contributed by atoms with Gasteiger partial charge < -0.3 is 5.32 Å². The summed E-state index contributed by atoms with van der Waals surface area (Å²) in [5, 5.41) is 12.8. The second-order valence-electron chi connectivity index (χ2n) is 9.24. The molecule has 4 aromatic rings. The molecule has 0 aliphatic heterocycles. The summed E-state index contributed by atoms with van der Waals surface area (Å²) >= 11 is 0. The minimum absolute atomic E-state index is 0.161. The van der Waals surface area contributed by atoms with E-state index in [2.05, 4.69) is 50.0 Å². The minimum Gasteiger partial charge on any atom is -0.348 e. The Morgan fingerprint density at radius 1 is 1.19 bits per heavy atom. The van der Waals surface area contributed by atoms with Crippen molar-refractivity contribution in [3.05, 3.63) is 65.4 Å². The number of nitrogens with zero attached hydrogens (tertiary/aromatic N) is 6. The van der Waals surface area contributed by atoms with Crippen molar-refractivity contribution in [2.75, 3.05) is 0 Å². The summed E-state index contributed by atoms with van der Waals surface area (Å²) in [4.78, 5) is 22.7. The SMILES string of the molecule is Cc1nn(C(C)(C)C)c2nc(C(C)C)cc(C(=O)NCc3cccnc3-n3cccn3)c12. The van der Waals surface area contributed by atoms with Gasteiger partial charge in [0.25, 0.3) is 5.91 Å². The lowest BCUT2D eigenvalue weighted by Gasteiger charge is -2.20. The molecule has 8 nitrogen and oxygen atoms in total. The average molecular weight is 432 g/mol. The Morgan fingerprint density at radius 3 is 2.62 bits per heavy atom. The Labute approximate surface area is 187 Å². The first kappa shape index (κ1) is 21.7. The zero-order valence-corrected chi connectivity index (χ0v) is 19.4. The van der Waals surface area contributed by atoms with Gasteiger partial charge in [-0.1, -0.05) is 19.9 Å². The number of aromatic nitrogens is 6. The molecular weight excluding hydrogens is 402 g/mol. The summed E-state index contributed by atoms with van der Waals surface area (Å²) in [5.41, 5.74) is 3.62. The van der Waals surface area contributed by atoms with Gasteiger partial charge in [0, 0.05) is 36.4 Å². The largest absolute Gasteiger partial charge is 0.348 e. The standard InChI is InChI=1S/C24H29N7O/c1-15(2)19-13-18(20-16(3)29-31(22(20)28-19)24(4,5)6)23(32)26-14-17-9-7-10-25-21(17)30-12-8-11-27-30/h7-13,15H,14H2,1-6H3,(H,26,32). The lowest BCUT2D eigenvalue weighted by molar-refractivity contribution is 0.0952. The third-order valence-corrected chi connectivity index (χ3v) is 5.33. The van der Waals surface area contributed by atoms with E-state index in [0.717, 1.165) is 28.0 Å². The van der Waals surface area contributed by atoms with Crippen LogP contribution >= 0.6 is 0 Å². The van der Waals surface area contributed by atoms with Crippen molar-refractivity contribution in [2.45, 2.75) is 59.5 Å². The van der Waals surface area contributed by atoms with Crippen LogP contribution in [0.2, 0.25) is 0 Å². The van der Waals surface area contributed by atoms with Crippen molar-refractivity contribution in [1.29, 1.82) is 0 Å². The fourth-order valence-electron chi connectivity index (χ4n) is 3.69. The van der Waals surface area contributed by atoms with E-state index in [1.807, 2.05) is 42.1 Å². The summed E-state index contributed by atoms with van der Waals surface area (Å²) < 4.78 is 3.61. The first-order chi connectivity index (χ1) is 15.2. The maximum atomic E-state index is 13.4. The van der Waals surface area contributed by atoms with E-state index in [9.17, 15) is 4.79 Å². The summed E-state index contributed by atoms with van der Waals surface area (Å²) in [5.74, 6) is 0.711. The Balaban J connectivity index is 1.73. The molecule has 0 radical (unpaired) electrons. The Bertz CT molecular complexity index is 1260. The highest BCUT2D eigenvalue weighted by molar-refractivity contribution is 6.06. The molecule has 0 aliphatic rings. The highest BCUT2D eigenvalue weighted by Gasteiger charge is 2.25. The second kappa shape index (κ2) is 8.18. The fourth-order valence-corrected chi connectivity index (χ4v) is 3.69. The van der Waals surface area contributed by atoms with Crippen molar-refractivity contribution in [1.82, 2.24) is 34.8 Å². The van der Waals surface area contributed by atoms with E-state index in [1.165, 1.54) is 0 Å². The van der Waals surface area contributed by atoms with Crippen LogP contribution in [0, 0.1) is 6.92 Å². The molecule has 0 spiro atoms. The number of pyridine rings is 2. The van der Waals surface area contributed by atoms with E-state index in [0.29, 0.717) is 17.9 Å². The number of carbonyl (C=O) groups is 1. The van der Waals surface area contributed by atoms with Crippen LogP contribution in [0.5, 0.6) is 0 Å². The monoisotopic (exact) mass is 431 g/mol. The van der Waals surface area contributed by atoms with Gasteiger partial charge in [-0.2, -0.15) is 10.2 Å². The van der Waals surface area contributed by atoms with Crippen molar-refractivity contribution in [2.24, 2.45) is 0 Å². The highest BCUT2D eigenvalue weighted by atomic mass is 16.1. The lowest BCUT2D eigenvalue weighted by atomic mass is 10.0. The van der Waals surface area contributed by atoms with Crippen LogP contribution < -0.4 is 5.32 Å². The van der Waals surface area contributed by atoms with Gasteiger partial charge in [0.15, 0.2) is 11.5 Å². The van der Waals surface area contributed by atoms with E-state index >= 15 is 0 Å². The summed E-state index contributed by atoms with van der Waals surface area (Å²) in [6.07, 6.45) is 5.25. The van der Waals surface area contributed by atoms with Gasteiger partial charge in [0.2, 0.25) is 0 Å². The third kappa shape index (κ3) is 4.00. The number of hydrogen-bond donors (Lipinski definition) is 1. The van der Waals surface area contributed by atoms with E-state index in [1.54, 1.807) is 17.1 Å². The zero-order valence-electron chi connectivity index (χ0n) is 19.4. The van der Waals surface area contributed by atoms with Gasteiger partial charge in [-0.05, 0) is 51.8 Å². The van der Waals surface area contributed by atoms with Crippen molar-refractivity contribution < 1.29 is 4.79 Å². The van der Waals surface area contributed by atoms with E-state index in [-0.39, 0.29) is 17.4 Å². The molecule has 4 aromatic heterocycles. The van der Waals surface area contributed by atoms with Gasteiger partial charge in [-0.25, -0.2) is 19.3 Å². The zero-order chi connectivity index (χ0) is 23.0. The molecular formula is C24H29N7O. The minimum atomic E-state index is -0.253. The van der Waals surface area contributed by atoms with Crippen LogP contribution in [0.4, 0.5) is 0 Å². The topological polar surface area (TPSA) is 90.5 Å². The number of amides is 1. The van der Waals surface area contributed by atoms with Crippen molar-refractivity contribution in [3.63, 3.8) is 0 Å². The van der Waals surface area contributed by atoms with Crippen LogP contribution in [0.1, 0.15) is 67.8 Å². The van der Waals surface area contributed by atoms with E-state index < -0.39 is 0 Å². The molecule has 4 heterocycles. The fraction of sp³-hybridized carbons (Fsp3) is 0.375. The molecule has 0 saturated heterocycles. The first-order valence-electron chi connectivity index (χ1n) is 10.8. The third-order valence-electron chi connectivity index (χ3n) is 5.33. The predicted octanol–water partition coefficient (Wildman–Crippen LogP) is 4.13. The van der Waals surface area contributed by atoms with E-state index in [4.69, 9.17) is 10.1 Å². The highest BCUT2D eigenvalue weighted by Crippen LogP contribution is 2.29. The molecule has 1 N–H and O–H groups in total. The number of carbonyl (C=O) groups excluding carboxylic acids is 1. The molecule has 166 valence electrons. The summed E-state index contributed by atoms with van der Waals surface area (Å²) in [6.45, 7) is 12.7. The molecule has 0 fully saturated rings. The number of hydrogen-bond acceptors (Lipinski definition) is 5. The first-order valence-corrected chi connectivity index (χ1v) is 10.8. The Hall–Kier alpha value is -3.55. The van der Waals surface area contributed by atoms with Crippen LogP contribution in [0.3, 0.4) is 0 Å². The lowest BCUT2D eigenvalue weighted by Crippen LogP contribution is -2.25. The number of nitrogens with one attached hydrogen (secondary N) is 1. The summed E-state index contributed by atoms with van der Waals surface area (Å²) in [7, 11) is 0. The normalized spacial score (nSPS) is 12.0. The molecule has 1 amide bonds. The average Bonchev–Trinajstić information content (AvgIpc) is 3.39. The molecule has 4 rings (SSSR count). The number of aryl methyl sites for hydroxylation is 1. The van der Waals surface area contributed by atoms with Gasteiger partial charge in [0.1, 0.15) is 0 Å². The van der Waals surface area contributed by atoms with Crippen LogP contribution in [-0.4, -0.2) is 35.4 Å². The van der Waals surface area contributed by atoms with Gasteiger partial charge in [0.05, 0.1) is 22.2 Å². The molecule has 0 aromatic carbocycles. The van der Waals surface area contributed by atoms with Crippen molar-refractivity contribution in [3.8, 4) is 5.82 Å². The smallest absolute Gasteiger partial charge is 0.252 e. The Morgan fingerprint density at radius 2 is 1.97 bits per heavy atom. The van der Waals surface area contributed by atoms with Gasteiger partial charge in [-0.15, -0.1) is 0 Å². The quantitative estimate of drug-likeness (QED) is 0.513. The Kier molecular flexibility index (Phi) is 5.54. The van der Waals surface area contributed by atoms with Crippen LogP contribution in [0.25, 0.3) is 16.9 Å². The van der Waals surface area contributed by atoms with Crippen LogP contribution in [-0.2, 0) is 12.1 Å². The summed E-state index contributed by atoms with van der Waals surface area (Å²) in [6, 6.07) is 7.53. The molecule has 0 aliphatic carbocycles. The van der Waals surface area contributed by atoms with Gasteiger partial charge >= 0.3 is 0 Å². The van der Waals surface area contributed by atoms with Crippen LogP contribution in [0.15, 0.2) is 42.9 Å². The molecule has 0 unspecified atom stereocenters.